The van der Waals surface area contributed by atoms with Gasteiger partial charge in [0.1, 0.15) is 0 Å². The molecule has 0 saturated carbocycles. The quantitative estimate of drug-likeness (QED) is 0.736. The molecule has 0 atom stereocenters. The molecule has 1 aromatic rings. The first-order chi connectivity index (χ1) is 6.61. The van der Waals surface area contributed by atoms with Crippen molar-refractivity contribution in [1.82, 2.24) is 0 Å². The van der Waals surface area contributed by atoms with Crippen LogP contribution in [0.25, 0.3) is 0 Å². The largest absolute Gasteiger partial charge is 0.376 e. The van der Waals surface area contributed by atoms with Gasteiger partial charge >= 0.3 is 0 Å². The first-order valence-corrected chi connectivity index (χ1v) is 4.16. The fourth-order valence-corrected chi connectivity index (χ4v) is 1.14. The van der Waals surface area contributed by atoms with Crippen LogP contribution in [0.3, 0.4) is 0 Å². The van der Waals surface area contributed by atoms with Gasteiger partial charge in [0.15, 0.2) is 0 Å². The fourth-order valence-electron chi connectivity index (χ4n) is 1.14. The van der Waals surface area contributed by atoms with Crippen molar-refractivity contribution in [3.63, 3.8) is 0 Å². The lowest BCUT2D eigenvalue weighted by Crippen LogP contribution is -2.21. The maximum Gasteiger partial charge on any atom is 0.236 e. The summed E-state index contributed by atoms with van der Waals surface area (Å²) in [6.45, 7) is 1.96. The minimum Gasteiger partial charge on any atom is -0.376 e. The van der Waals surface area contributed by atoms with Crippen LogP contribution >= 0.6 is 0 Å². The van der Waals surface area contributed by atoms with Gasteiger partial charge in [-0.3, -0.25) is 4.79 Å². The van der Waals surface area contributed by atoms with Crippen LogP contribution in [0.5, 0.6) is 0 Å². The first kappa shape index (κ1) is 10.1. The number of nitrogens with two attached hydrogens (primary N) is 1. The molecule has 0 radical (unpaired) electrons. The average molecular weight is 189 g/mol. The highest BCUT2D eigenvalue weighted by molar-refractivity contribution is 5.78. The average Bonchev–Trinajstić information content (AvgIpc) is 2.14. The third-order valence-corrected chi connectivity index (χ3v) is 1.67. The Balaban J connectivity index is 2.82. The summed E-state index contributed by atoms with van der Waals surface area (Å²) in [5.74, 6) is -0.426. The SMILES string of the molecule is Cc1cc(C#N)cc(NCC(N)=O)c1. The number of benzene rings is 1. The molecule has 0 spiro atoms. The molecule has 0 fully saturated rings. The van der Waals surface area contributed by atoms with Gasteiger partial charge in [0.25, 0.3) is 0 Å². The van der Waals surface area contributed by atoms with E-state index >= 15 is 0 Å². The number of hydrogen-bond donors (Lipinski definition) is 2. The molecule has 0 aromatic heterocycles. The third kappa shape index (κ3) is 2.79. The van der Waals surface area contributed by atoms with Gasteiger partial charge in [-0.2, -0.15) is 5.26 Å². The van der Waals surface area contributed by atoms with Crippen LogP contribution < -0.4 is 11.1 Å². The highest BCUT2D eigenvalue weighted by atomic mass is 16.1. The van der Waals surface area contributed by atoms with Crippen molar-refractivity contribution >= 4 is 11.6 Å². The van der Waals surface area contributed by atoms with Crippen LogP contribution in [0.4, 0.5) is 5.69 Å². The second-order valence-electron chi connectivity index (χ2n) is 3.02. The summed E-state index contributed by atoms with van der Waals surface area (Å²) >= 11 is 0. The molecule has 0 aliphatic rings. The third-order valence-electron chi connectivity index (χ3n) is 1.67. The summed E-state index contributed by atoms with van der Waals surface area (Å²) in [6.07, 6.45) is 0. The number of nitrogens with one attached hydrogen (secondary N) is 1. The van der Waals surface area contributed by atoms with Crippen LogP contribution in [0, 0.1) is 18.3 Å². The highest BCUT2D eigenvalue weighted by Gasteiger charge is 1.98. The number of nitrogens with zero attached hydrogens (tertiary/aromatic N) is 1. The van der Waals surface area contributed by atoms with Crippen molar-refractivity contribution < 1.29 is 4.79 Å². The van der Waals surface area contributed by atoms with Crippen molar-refractivity contribution in [1.29, 1.82) is 5.26 Å². The maximum atomic E-state index is 10.5. The number of anilines is 1. The van der Waals surface area contributed by atoms with Crippen LogP contribution in [0.2, 0.25) is 0 Å². The molecule has 3 N–H and O–H groups in total. The van der Waals surface area contributed by atoms with Crippen LogP contribution in [0.1, 0.15) is 11.1 Å². The van der Waals surface area contributed by atoms with E-state index in [0.717, 1.165) is 11.3 Å². The Bertz CT molecular complexity index is 393. The van der Waals surface area contributed by atoms with Crippen molar-refractivity contribution in [2.45, 2.75) is 6.92 Å². The van der Waals surface area contributed by atoms with Gasteiger partial charge in [0.05, 0.1) is 18.2 Å². The second kappa shape index (κ2) is 4.28. The topological polar surface area (TPSA) is 78.9 Å². The second-order valence-corrected chi connectivity index (χ2v) is 3.02. The van der Waals surface area contributed by atoms with E-state index in [2.05, 4.69) is 5.32 Å². The predicted molar refractivity (Wildman–Crippen MR) is 53.6 cm³/mol. The molecule has 0 aliphatic heterocycles. The molecule has 4 heteroatoms. The van der Waals surface area contributed by atoms with Gasteiger partial charge in [-0.1, -0.05) is 0 Å². The molecule has 1 aromatic carbocycles. The highest BCUT2D eigenvalue weighted by Crippen LogP contribution is 2.13. The van der Waals surface area contributed by atoms with E-state index in [1.165, 1.54) is 0 Å². The Morgan fingerprint density at radius 3 is 2.86 bits per heavy atom. The minimum absolute atomic E-state index is 0.0777. The monoisotopic (exact) mass is 189 g/mol. The molecule has 0 heterocycles. The molecule has 0 aliphatic carbocycles. The van der Waals surface area contributed by atoms with Crippen molar-refractivity contribution in [3.8, 4) is 6.07 Å². The molecule has 0 bridgehead atoms. The van der Waals surface area contributed by atoms with Crippen LogP contribution in [-0.2, 0) is 4.79 Å². The zero-order valence-electron chi connectivity index (χ0n) is 7.87. The van der Waals surface area contributed by atoms with Crippen LogP contribution in [0.15, 0.2) is 18.2 Å². The fraction of sp³-hybridized carbons (Fsp3) is 0.200. The number of rotatable bonds is 3. The van der Waals surface area contributed by atoms with E-state index in [1.807, 2.05) is 19.1 Å². The van der Waals surface area contributed by atoms with Crippen molar-refractivity contribution in [2.75, 3.05) is 11.9 Å². The van der Waals surface area contributed by atoms with Crippen molar-refractivity contribution in [2.24, 2.45) is 5.73 Å². The lowest BCUT2D eigenvalue weighted by Gasteiger charge is -2.05. The number of aryl methyl sites for hydroxylation is 1. The first-order valence-electron chi connectivity index (χ1n) is 4.16. The Labute approximate surface area is 82.3 Å². The summed E-state index contributed by atoms with van der Waals surface area (Å²) in [6, 6.07) is 7.34. The standard InChI is InChI=1S/C10H11N3O/c1-7-2-8(5-11)4-9(3-7)13-6-10(12)14/h2-4,13H,6H2,1H3,(H2,12,14). The Kier molecular flexibility index (Phi) is 3.08. The number of carbonyl (C=O) groups is 1. The van der Waals surface area contributed by atoms with E-state index in [4.69, 9.17) is 11.0 Å². The molecular weight excluding hydrogens is 178 g/mol. The molecule has 14 heavy (non-hydrogen) atoms. The van der Waals surface area contributed by atoms with Crippen molar-refractivity contribution in [3.05, 3.63) is 29.3 Å². The van der Waals surface area contributed by atoms with Gasteiger partial charge in [-0.05, 0) is 30.7 Å². The van der Waals surface area contributed by atoms with Gasteiger partial charge in [-0.15, -0.1) is 0 Å². The number of primary amides is 1. The van der Waals surface area contributed by atoms with E-state index in [-0.39, 0.29) is 6.54 Å². The summed E-state index contributed by atoms with van der Waals surface area (Å²) in [4.78, 5) is 10.5. The number of nitriles is 1. The lowest BCUT2D eigenvalue weighted by molar-refractivity contribution is -0.116. The van der Waals surface area contributed by atoms with E-state index in [1.54, 1.807) is 12.1 Å². The Hall–Kier alpha value is -2.02. The van der Waals surface area contributed by atoms with Gasteiger partial charge < -0.3 is 11.1 Å². The molecule has 0 unspecified atom stereocenters. The molecule has 1 amide bonds. The summed E-state index contributed by atoms with van der Waals surface area (Å²) in [5.41, 5.74) is 7.25. The maximum absolute atomic E-state index is 10.5. The number of amides is 1. The van der Waals surface area contributed by atoms with E-state index < -0.39 is 5.91 Å². The molecule has 0 saturated heterocycles. The van der Waals surface area contributed by atoms with Gasteiger partial charge in [0, 0.05) is 5.69 Å². The number of carbonyl (C=O) groups excluding carboxylic acids is 1. The van der Waals surface area contributed by atoms with Crippen LogP contribution in [-0.4, -0.2) is 12.5 Å². The summed E-state index contributed by atoms with van der Waals surface area (Å²) in [5, 5.41) is 11.5. The zero-order chi connectivity index (χ0) is 10.6. The van der Waals surface area contributed by atoms with Gasteiger partial charge in [-0.25, -0.2) is 0 Å². The zero-order valence-corrected chi connectivity index (χ0v) is 7.87. The number of hydrogen-bond acceptors (Lipinski definition) is 3. The van der Waals surface area contributed by atoms with Gasteiger partial charge in [0.2, 0.25) is 5.91 Å². The van der Waals surface area contributed by atoms with E-state index in [0.29, 0.717) is 5.56 Å². The summed E-state index contributed by atoms with van der Waals surface area (Å²) in [7, 11) is 0. The molecule has 1 rings (SSSR count). The molecule has 4 nitrogen and oxygen atoms in total. The smallest absolute Gasteiger partial charge is 0.236 e. The minimum atomic E-state index is -0.426. The lowest BCUT2D eigenvalue weighted by atomic mass is 10.1. The normalized spacial score (nSPS) is 9.14. The molecule has 72 valence electrons. The Morgan fingerprint density at radius 2 is 2.29 bits per heavy atom. The summed E-state index contributed by atoms with van der Waals surface area (Å²) < 4.78 is 0. The predicted octanol–water partition coefficient (Wildman–Crippen LogP) is 0.764. The molecular formula is C10H11N3O. The Morgan fingerprint density at radius 1 is 1.57 bits per heavy atom. The van der Waals surface area contributed by atoms with E-state index in [9.17, 15) is 4.79 Å².